The van der Waals surface area contributed by atoms with Gasteiger partial charge in [-0.2, -0.15) is 0 Å². The minimum atomic E-state index is -0.311. The van der Waals surface area contributed by atoms with Gasteiger partial charge in [0, 0.05) is 6.08 Å². The summed E-state index contributed by atoms with van der Waals surface area (Å²) in [5.74, 6) is 0.630. The van der Waals surface area contributed by atoms with Crippen molar-refractivity contribution in [3.8, 4) is 11.5 Å². The van der Waals surface area contributed by atoms with Crippen molar-refractivity contribution in [3.05, 3.63) is 96.3 Å². The Morgan fingerprint density at radius 1 is 0.880 bits per heavy atom. The van der Waals surface area contributed by atoms with Crippen LogP contribution < -0.4 is 10.1 Å². The monoisotopic (exact) mass is 333 g/mol. The normalized spacial score (nSPS) is 10.6. The highest BCUT2D eigenvalue weighted by atomic mass is 19.1. The molecule has 1 amide bonds. The first-order valence-corrected chi connectivity index (χ1v) is 7.77. The molecule has 0 unspecified atom stereocenters. The molecule has 0 saturated heterocycles. The van der Waals surface area contributed by atoms with Crippen molar-refractivity contribution in [2.75, 3.05) is 5.32 Å². The first kappa shape index (κ1) is 16.5. The SMILES string of the molecule is O=C(/C=C/c1ccc(F)cc1)Nc1ccccc1Oc1ccccc1. The van der Waals surface area contributed by atoms with Gasteiger partial charge in [0.1, 0.15) is 11.6 Å². The number of amides is 1. The van der Waals surface area contributed by atoms with Crippen LogP contribution in [-0.2, 0) is 4.79 Å². The molecular formula is C21H16FNO2. The molecule has 0 aliphatic carbocycles. The molecule has 0 aliphatic rings. The van der Waals surface area contributed by atoms with Crippen LogP contribution in [0.15, 0.2) is 84.9 Å². The highest BCUT2D eigenvalue weighted by Crippen LogP contribution is 2.29. The molecule has 3 rings (SSSR count). The van der Waals surface area contributed by atoms with Crippen molar-refractivity contribution < 1.29 is 13.9 Å². The molecule has 25 heavy (non-hydrogen) atoms. The standard InChI is InChI=1S/C21H16FNO2/c22-17-13-10-16(11-14-17)12-15-21(24)23-19-8-4-5-9-20(19)25-18-6-2-1-3-7-18/h1-15H,(H,23,24)/b15-12+. The van der Waals surface area contributed by atoms with Gasteiger partial charge in [-0.25, -0.2) is 4.39 Å². The van der Waals surface area contributed by atoms with Crippen LogP contribution in [0.3, 0.4) is 0 Å². The Morgan fingerprint density at radius 3 is 2.32 bits per heavy atom. The number of anilines is 1. The second kappa shape index (κ2) is 7.93. The molecule has 0 radical (unpaired) electrons. The molecule has 0 atom stereocenters. The van der Waals surface area contributed by atoms with Crippen LogP contribution >= 0.6 is 0 Å². The van der Waals surface area contributed by atoms with Crippen molar-refractivity contribution in [1.29, 1.82) is 0 Å². The van der Waals surface area contributed by atoms with E-state index < -0.39 is 0 Å². The molecule has 1 N–H and O–H groups in total. The Balaban J connectivity index is 1.70. The average molecular weight is 333 g/mol. The highest BCUT2D eigenvalue weighted by molar-refractivity contribution is 6.02. The van der Waals surface area contributed by atoms with Crippen molar-refractivity contribution in [1.82, 2.24) is 0 Å². The molecule has 0 heterocycles. The van der Waals surface area contributed by atoms with E-state index in [2.05, 4.69) is 5.32 Å². The Morgan fingerprint density at radius 2 is 1.56 bits per heavy atom. The Labute approximate surface area is 145 Å². The van der Waals surface area contributed by atoms with Gasteiger partial charge in [0.15, 0.2) is 5.75 Å². The van der Waals surface area contributed by atoms with Gasteiger partial charge in [-0.1, -0.05) is 42.5 Å². The van der Waals surface area contributed by atoms with E-state index in [1.807, 2.05) is 42.5 Å². The van der Waals surface area contributed by atoms with Gasteiger partial charge in [-0.15, -0.1) is 0 Å². The summed E-state index contributed by atoms with van der Waals surface area (Å²) >= 11 is 0. The summed E-state index contributed by atoms with van der Waals surface area (Å²) in [7, 11) is 0. The Bertz CT molecular complexity index is 874. The third-order valence-corrected chi connectivity index (χ3v) is 3.41. The first-order chi connectivity index (χ1) is 12.2. The molecule has 0 aliphatic heterocycles. The van der Waals surface area contributed by atoms with E-state index in [4.69, 9.17) is 4.74 Å². The number of hydrogen-bond acceptors (Lipinski definition) is 2. The van der Waals surface area contributed by atoms with E-state index in [0.717, 1.165) is 5.56 Å². The van der Waals surface area contributed by atoms with Gasteiger partial charge in [0.25, 0.3) is 0 Å². The Hall–Kier alpha value is -3.40. The molecule has 0 aromatic heterocycles. The molecule has 3 aromatic rings. The van der Waals surface area contributed by atoms with Crippen molar-refractivity contribution in [3.63, 3.8) is 0 Å². The maximum Gasteiger partial charge on any atom is 0.248 e. The molecule has 0 fully saturated rings. The van der Waals surface area contributed by atoms with Crippen molar-refractivity contribution in [2.24, 2.45) is 0 Å². The summed E-state index contributed by atoms with van der Waals surface area (Å²) in [4.78, 5) is 12.1. The molecule has 0 saturated carbocycles. The van der Waals surface area contributed by atoms with Crippen LogP contribution in [0.5, 0.6) is 11.5 Å². The summed E-state index contributed by atoms with van der Waals surface area (Å²) < 4.78 is 18.7. The van der Waals surface area contributed by atoms with Crippen molar-refractivity contribution >= 4 is 17.7 Å². The van der Waals surface area contributed by atoms with E-state index in [1.165, 1.54) is 18.2 Å². The van der Waals surface area contributed by atoms with Crippen LogP contribution in [0.25, 0.3) is 6.08 Å². The summed E-state index contributed by atoms with van der Waals surface area (Å²) in [6, 6.07) is 22.4. The molecule has 0 bridgehead atoms. The van der Waals surface area contributed by atoms with Gasteiger partial charge in [-0.3, -0.25) is 4.79 Å². The summed E-state index contributed by atoms with van der Waals surface area (Å²) in [6.07, 6.45) is 3.02. The van der Waals surface area contributed by atoms with Gasteiger partial charge in [0.05, 0.1) is 5.69 Å². The number of hydrogen-bond donors (Lipinski definition) is 1. The number of benzene rings is 3. The fourth-order valence-corrected chi connectivity index (χ4v) is 2.19. The van der Waals surface area contributed by atoms with E-state index in [1.54, 1.807) is 30.3 Å². The van der Waals surface area contributed by atoms with Gasteiger partial charge in [0.2, 0.25) is 5.91 Å². The van der Waals surface area contributed by atoms with Crippen molar-refractivity contribution in [2.45, 2.75) is 0 Å². The van der Waals surface area contributed by atoms with Crippen LogP contribution in [0.2, 0.25) is 0 Å². The average Bonchev–Trinajstić information content (AvgIpc) is 2.64. The second-order valence-corrected chi connectivity index (χ2v) is 5.29. The third-order valence-electron chi connectivity index (χ3n) is 3.41. The molecular weight excluding hydrogens is 317 g/mol. The lowest BCUT2D eigenvalue weighted by atomic mass is 10.2. The topological polar surface area (TPSA) is 38.3 Å². The van der Waals surface area contributed by atoms with Gasteiger partial charge in [-0.05, 0) is 48.0 Å². The molecule has 0 spiro atoms. The highest BCUT2D eigenvalue weighted by Gasteiger charge is 2.06. The summed E-state index contributed by atoms with van der Waals surface area (Å²) in [6.45, 7) is 0. The lowest BCUT2D eigenvalue weighted by molar-refractivity contribution is -0.111. The summed E-state index contributed by atoms with van der Waals surface area (Å²) in [5.41, 5.74) is 1.31. The minimum absolute atomic E-state index is 0.298. The van der Waals surface area contributed by atoms with E-state index >= 15 is 0 Å². The van der Waals surface area contributed by atoms with Crippen LogP contribution in [0, 0.1) is 5.82 Å². The third kappa shape index (κ3) is 4.78. The smallest absolute Gasteiger partial charge is 0.248 e. The zero-order chi connectivity index (χ0) is 17.5. The number of nitrogens with one attached hydrogen (secondary N) is 1. The van der Waals surface area contributed by atoms with E-state index in [-0.39, 0.29) is 11.7 Å². The number of para-hydroxylation sites is 3. The zero-order valence-electron chi connectivity index (χ0n) is 13.4. The number of halogens is 1. The maximum atomic E-state index is 12.9. The quantitative estimate of drug-likeness (QED) is 0.646. The fourth-order valence-electron chi connectivity index (χ4n) is 2.19. The van der Waals surface area contributed by atoms with E-state index in [0.29, 0.717) is 17.2 Å². The molecule has 3 nitrogen and oxygen atoms in total. The zero-order valence-corrected chi connectivity index (χ0v) is 13.4. The van der Waals surface area contributed by atoms with Gasteiger partial charge < -0.3 is 10.1 Å². The minimum Gasteiger partial charge on any atom is -0.455 e. The van der Waals surface area contributed by atoms with E-state index in [9.17, 15) is 9.18 Å². The van der Waals surface area contributed by atoms with Crippen LogP contribution in [0.1, 0.15) is 5.56 Å². The fraction of sp³-hybridized carbons (Fsp3) is 0. The molecule has 124 valence electrons. The molecule has 3 aromatic carbocycles. The second-order valence-electron chi connectivity index (χ2n) is 5.29. The predicted molar refractivity (Wildman–Crippen MR) is 97.0 cm³/mol. The predicted octanol–water partition coefficient (Wildman–Crippen LogP) is 5.27. The number of carbonyl (C=O) groups excluding carboxylic acids is 1. The maximum absolute atomic E-state index is 12.9. The lowest BCUT2D eigenvalue weighted by Crippen LogP contribution is -2.08. The largest absolute Gasteiger partial charge is 0.455 e. The number of ether oxygens (including phenoxy) is 1. The number of carbonyl (C=O) groups is 1. The summed E-state index contributed by atoms with van der Waals surface area (Å²) in [5, 5.41) is 2.79. The molecule has 4 heteroatoms. The number of rotatable bonds is 5. The van der Waals surface area contributed by atoms with Gasteiger partial charge >= 0.3 is 0 Å². The first-order valence-electron chi connectivity index (χ1n) is 7.77. The Kier molecular flexibility index (Phi) is 5.22. The lowest BCUT2D eigenvalue weighted by Gasteiger charge is -2.11. The van der Waals surface area contributed by atoms with Crippen LogP contribution in [0.4, 0.5) is 10.1 Å². The van der Waals surface area contributed by atoms with Crippen LogP contribution in [-0.4, -0.2) is 5.91 Å².